The Balaban J connectivity index is 2.00. The van der Waals surface area contributed by atoms with Gasteiger partial charge in [-0.3, -0.25) is 4.90 Å². The largest absolute Gasteiger partial charge is 0.492 e. The van der Waals surface area contributed by atoms with Gasteiger partial charge in [0.25, 0.3) is 0 Å². The molecule has 0 saturated carbocycles. The molecule has 0 spiro atoms. The molecule has 0 amide bonds. The number of hydrogen-bond donors (Lipinski definition) is 0. The van der Waals surface area contributed by atoms with Crippen LogP contribution in [0.2, 0.25) is 0 Å². The molecule has 0 radical (unpaired) electrons. The molecule has 120 valence electrons. The van der Waals surface area contributed by atoms with Gasteiger partial charge in [-0.15, -0.1) is 0 Å². The average Bonchev–Trinajstić information content (AvgIpc) is 2.54. The van der Waals surface area contributed by atoms with E-state index < -0.39 is 11.8 Å². The van der Waals surface area contributed by atoms with Gasteiger partial charge in [-0.2, -0.15) is 0 Å². The highest BCUT2D eigenvalue weighted by Gasteiger charge is 2.13. The van der Waals surface area contributed by atoms with Crippen molar-refractivity contribution in [2.24, 2.45) is 0 Å². The summed E-state index contributed by atoms with van der Waals surface area (Å²) in [4.78, 5) is 13.8. The van der Waals surface area contributed by atoms with Crippen LogP contribution in [0.3, 0.4) is 0 Å². The number of morpholine rings is 1. The fraction of sp³-hybridized carbons (Fsp3) is 0.438. The zero-order chi connectivity index (χ0) is 15.9. The summed E-state index contributed by atoms with van der Waals surface area (Å²) in [7, 11) is 1.28. The summed E-state index contributed by atoms with van der Waals surface area (Å²) in [6.07, 6.45) is 0. The summed E-state index contributed by atoms with van der Waals surface area (Å²) in [5, 5.41) is 0. The van der Waals surface area contributed by atoms with Crippen molar-refractivity contribution in [1.82, 2.24) is 4.90 Å². The number of nitrogens with zero attached hydrogens (tertiary/aromatic N) is 1. The van der Waals surface area contributed by atoms with E-state index in [9.17, 15) is 9.18 Å². The number of halogens is 1. The molecule has 1 aromatic carbocycles. The molecule has 22 heavy (non-hydrogen) atoms. The van der Waals surface area contributed by atoms with Crippen molar-refractivity contribution in [3.63, 3.8) is 0 Å². The molecule has 1 aromatic rings. The quantitative estimate of drug-likeness (QED) is 0.753. The number of carbonyl (C=O) groups is 1. The number of benzene rings is 1. The van der Waals surface area contributed by atoms with Crippen LogP contribution < -0.4 is 4.74 Å². The van der Waals surface area contributed by atoms with Crippen LogP contribution >= 0.6 is 0 Å². The van der Waals surface area contributed by atoms with E-state index in [1.165, 1.54) is 25.3 Å². The Labute approximate surface area is 129 Å². The lowest BCUT2D eigenvalue weighted by Crippen LogP contribution is -2.38. The third-order valence-corrected chi connectivity index (χ3v) is 3.42. The van der Waals surface area contributed by atoms with Crippen LogP contribution in [-0.4, -0.2) is 57.4 Å². The monoisotopic (exact) mass is 309 g/mol. The summed E-state index contributed by atoms with van der Waals surface area (Å²) in [5.41, 5.74) is 0.449. The summed E-state index contributed by atoms with van der Waals surface area (Å²) < 4.78 is 28.9. The Morgan fingerprint density at radius 3 is 2.64 bits per heavy atom. The standard InChI is InChI=1S/C16H20FNO4/c1-12(17)13-9-14(16(19)20-2)11-15(10-13)22-8-5-18-3-6-21-7-4-18/h9-11H,1,3-8H2,2H3. The van der Waals surface area contributed by atoms with E-state index in [1.54, 1.807) is 0 Å². The fourth-order valence-electron chi connectivity index (χ4n) is 2.19. The van der Waals surface area contributed by atoms with Gasteiger partial charge in [0.05, 0.1) is 25.9 Å². The number of esters is 1. The first-order valence-electron chi connectivity index (χ1n) is 7.11. The number of hydrogen-bond acceptors (Lipinski definition) is 5. The van der Waals surface area contributed by atoms with Crippen molar-refractivity contribution in [3.8, 4) is 5.75 Å². The molecule has 6 heteroatoms. The Hall–Kier alpha value is -1.92. The van der Waals surface area contributed by atoms with Gasteiger partial charge in [-0.05, 0) is 18.2 Å². The van der Waals surface area contributed by atoms with Crippen LogP contribution in [0, 0.1) is 0 Å². The maximum atomic E-state index is 13.3. The van der Waals surface area contributed by atoms with E-state index in [-0.39, 0.29) is 11.1 Å². The van der Waals surface area contributed by atoms with E-state index in [1.807, 2.05) is 0 Å². The van der Waals surface area contributed by atoms with Gasteiger partial charge in [-0.1, -0.05) is 6.58 Å². The predicted octanol–water partition coefficient (Wildman–Crippen LogP) is 2.12. The van der Waals surface area contributed by atoms with E-state index in [0.29, 0.717) is 12.4 Å². The fourth-order valence-corrected chi connectivity index (χ4v) is 2.19. The molecular weight excluding hydrogens is 289 g/mol. The molecule has 1 fully saturated rings. The first-order valence-corrected chi connectivity index (χ1v) is 7.11. The zero-order valence-electron chi connectivity index (χ0n) is 12.6. The molecule has 2 rings (SSSR count). The Kier molecular flexibility index (Phi) is 5.91. The Bertz CT molecular complexity index is 541. The number of carbonyl (C=O) groups excluding carboxylic acids is 1. The summed E-state index contributed by atoms with van der Waals surface area (Å²) >= 11 is 0. The van der Waals surface area contributed by atoms with Crippen LogP contribution in [0.5, 0.6) is 5.75 Å². The molecule has 0 N–H and O–H groups in total. The lowest BCUT2D eigenvalue weighted by Gasteiger charge is -2.26. The molecule has 0 unspecified atom stereocenters. The first-order chi connectivity index (χ1) is 10.6. The molecule has 0 bridgehead atoms. The lowest BCUT2D eigenvalue weighted by atomic mass is 10.1. The van der Waals surface area contributed by atoms with E-state index in [4.69, 9.17) is 9.47 Å². The average molecular weight is 309 g/mol. The van der Waals surface area contributed by atoms with Crippen LogP contribution in [0.4, 0.5) is 4.39 Å². The van der Waals surface area contributed by atoms with Crippen LogP contribution in [0.15, 0.2) is 24.8 Å². The number of ether oxygens (including phenoxy) is 3. The van der Waals surface area contributed by atoms with Gasteiger partial charge in [-0.25, -0.2) is 9.18 Å². The van der Waals surface area contributed by atoms with Gasteiger partial charge in [0.1, 0.15) is 18.2 Å². The van der Waals surface area contributed by atoms with Crippen LogP contribution in [0.25, 0.3) is 5.83 Å². The van der Waals surface area contributed by atoms with E-state index >= 15 is 0 Å². The second kappa shape index (κ2) is 7.91. The lowest BCUT2D eigenvalue weighted by molar-refractivity contribution is 0.0322. The van der Waals surface area contributed by atoms with Crippen molar-refractivity contribution in [2.75, 3.05) is 46.6 Å². The van der Waals surface area contributed by atoms with Gasteiger partial charge in [0, 0.05) is 25.2 Å². The number of methoxy groups -OCH3 is 1. The summed E-state index contributed by atoms with van der Waals surface area (Å²) in [6.45, 7) is 7.64. The third kappa shape index (κ3) is 4.54. The molecule has 1 saturated heterocycles. The third-order valence-electron chi connectivity index (χ3n) is 3.42. The van der Waals surface area contributed by atoms with Crippen LogP contribution in [-0.2, 0) is 9.47 Å². The first kappa shape index (κ1) is 16.5. The molecule has 1 aliphatic heterocycles. The van der Waals surface area contributed by atoms with Gasteiger partial charge in [0.2, 0.25) is 0 Å². The smallest absolute Gasteiger partial charge is 0.338 e. The molecule has 0 atom stereocenters. The van der Waals surface area contributed by atoms with Crippen LogP contribution in [0.1, 0.15) is 15.9 Å². The zero-order valence-corrected chi connectivity index (χ0v) is 12.6. The minimum Gasteiger partial charge on any atom is -0.492 e. The van der Waals surface area contributed by atoms with Crippen molar-refractivity contribution in [2.45, 2.75) is 0 Å². The molecule has 1 heterocycles. The molecular formula is C16H20FNO4. The summed E-state index contributed by atoms with van der Waals surface area (Å²) in [6, 6.07) is 4.45. The van der Waals surface area contributed by atoms with Crippen molar-refractivity contribution < 1.29 is 23.4 Å². The second-order valence-electron chi connectivity index (χ2n) is 4.95. The molecule has 0 aliphatic carbocycles. The van der Waals surface area contributed by atoms with Gasteiger partial charge < -0.3 is 14.2 Å². The molecule has 1 aliphatic rings. The van der Waals surface area contributed by atoms with E-state index in [2.05, 4.69) is 16.2 Å². The second-order valence-corrected chi connectivity index (χ2v) is 4.95. The van der Waals surface area contributed by atoms with Crippen molar-refractivity contribution >= 4 is 11.8 Å². The SMILES string of the molecule is C=C(F)c1cc(OCCN2CCOCC2)cc(C(=O)OC)c1. The van der Waals surface area contributed by atoms with Gasteiger partial charge >= 0.3 is 5.97 Å². The van der Waals surface area contributed by atoms with Gasteiger partial charge in [0.15, 0.2) is 0 Å². The maximum Gasteiger partial charge on any atom is 0.338 e. The Morgan fingerprint density at radius 2 is 2.00 bits per heavy atom. The highest BCUT2D eigenvalue weighted by molar-refractivity contribution is 5.90. The minimum absolute atomic E-state index is 0.212. The van der Waals surface area contributed by atoms with Crippen molar-refractivity contribution in [3.05, 3.63) is 35.9 Å². The number of rotatable bonds is 6. The molecule has 0 aromatic heterocycles. The highest BCUT2D eigenvalue weighted by Crippen LogP contribution is 2.23. The molecule has 5 nitrogen and oxygen atoms in total. The maximum absolute atomic E-state index is 13.3. The topological polar surface area (TPSA) is 48.0 Å². The van der Waals surface area contributed by atoms with E-state index in [0.717, 1.165) is 32.8 Å². The predicted molar refractivity (Wildman–Crippen MR) is 80.7 cm³/mol. The normalized spacial score (nSPS) is 15.4. The highest BCUT2D eigenvalue weighted by atomic mass is 19.1. The minimum atomic E-state index is -0.621. The summed E-state index contributed by atoms with van der Waals surface area (Å²) in [5.74, 6) is -0.741. The Morgan fingerprint density at radius 1 is 1.32 bits per heavy atom. The van der Waals surface area contributed by atoms with Crippen molar-refractivity contribution in [1.29, 1.82) is 0 Å².